The van der Waals surface area contributed by atoms with Crippen LogP contribution in [0.1, 0.15) is 16.8 Å². The minimum atomic E-state index is -0.609. The molecule has 0 radical (unpaired) electrons. The largest absolute Gasteiger partial charge is 0.383 e. The Morgan fingerprint density at radius 1 is 1.68 bits per heavy atom. The number of amides is 1. The summed E-state index contributed by atoms with van der Waals surface area (Å²) in [5, 5.41) is 10.7. The zero-order valence-electron chi connectivity index (χ0n) is 10.4. The second-order valence-corrected chi connectivity index (χ2v) is 4.32. The first-order valence-electron chi connectivity index (χ1n) is 5.75. The number of carbonyl (C=O) groups is 1. The summed E-state index contributed by atoms with van der Waals surface area (Å²) in [7, 11) is 1.62. The summed E-state index contributed by atoms with van der Waals surface area (Å²) in [6, 6.07) is 1.11. The lowest BCUT2D eigenvalue weighted by Gasteiger charge is -2.23. The molecule has 1 aromatic rings. The van der Waals surface area contributed by atoms with Crippen LogP contribution >= 0.6 is 0 Å². The highest BCUT2D eigenvalue weighted by Gasteiger charge is 2.27. The number of aromatic nitrogens is 1. The molecule has 1 saturated heterocycles. The topological polar surface area (TPSA) is 112 Å². The van der Waals surface area contributed by atoms with Crippen molar-refractivity contribution in [2.24, 2.45) is 0 Å². The molecule has 1 unspecified atom stereocenters. The molecule has 0 spiro atoms. The van der Waals surface area contributed by atoms with Gasteiger partial charge in [-0.1, -0.05) is 0 Å². The number of hydrogen-bond donors (Lipinski definition) is 1. The fourth-order valence-corrected chi connectivity index (χ4v) is 1.92. The van der Waals surface area contributed by atoms with Gasteiger partial charge < -0.3 is 15.4 Å². The summed E-state index contributed by atoms with van der Waals surface area (Å²) in [5.41, 5.74) is 5.40. The van der Waals surface area contributed by atoms with E-state index in [4.69, 9.17) is 10.5 Å². The van der Waals surface area contributed by atoms with E-state index in [1.807, 2.05) is 0 Å². The predicted molar refractivity (Wildman–Crippen MR) is 66.6 cm³/mol. The van der Waals surface area contributed by atoms with Crippen LogP contribution in [0.25, 0.3) is 0 Å². The standard InChI is InChI=1S/C11H14N4O4/c1-14(7-2-3-19-6-7)11(16)9-4-8(15(17)18)5-13-10(9)12/h4-5,7H,2-3,6H2,1H3,(H2,12,13). The number of carbonyl (C=O) groups excluding carboxylic acids is 1. The third kappa shape index (κ3) is 2.63. The number of nitro groups is 1. The Bertz CT molecular complexity index is 513. The molecule has 0 aromatic carbocycles. The van der Waals surface area contributed by atoms with Crippen molar-refractivity contribution in [1.82, 2.24) is 9.88 Å². The van der Waals surface area contributed by atoms with Crippen LogP contribution in [0.15, 0.2) is 12.3 Å². The van der Waals surface area contributed by atoms with Crippen molar-refractivity contribution in [3.63, 3.8) is 0 Å². The van der Waals surface area contributed by atoms with Crippen LogP contribution in [0, 0.1) is 10.1 Å². The molecule has 2 rings (SSSR count). The average molecular weight is 266 g/mol. The number of ether oxygens (including phenoxy) is 1. The van der Waals surface area contributed by atoms with E-state index >= 15 is 0 Å². The number of nitrogens with zero attached hydrogens (tertiary/aromatic N) is 3. The van der Waals surface area contributed by atoms with Crippen LogP contribution in [0.4, 0.5) is 11.5 Å². The first-order valence-corrected chi connectivity index (χ1v) is 5.75. The van der Waals surface area contributed by atoms with Gasteiger partial charge in [-0.2, -0.15) is 0 Å². The summed E-state index contributed by atoms with van der Waals surface area (Å²) >= 11 is 0. The highest BCUT2D eigenvalue weighted by atomic mass is 16.6. The van der Waals surface area contributed by atoms with Crippen molar-refractivity contribution >= 4 is 17.4 Å². The number of pyridine rings is 1. The number of nitrogens with two attached hydrogens (primary N) is 1. The van der Waals surface area contributed by atoms with Crippen molar-refractivity contribution in [3.8, 4) is 0 Å². The molecule has 8 heteroatoms. The van der Waals surface area contributed by atoms with Gasteiger partial charge in [0.1, 0.15) is 12.0 Å². The predicted octanol–water partition coefficient (Wildman–Crippen LogP) is 0.433. The highest BCUT2D eigenvalue weighted by molar-refractivity contribution is 5.98. The molecule has 0 bridgehead atoms. The quantitative estimate of drug-likeness (QED) is 0.627. The summed E-state index contributed by atoms with van der Waals surface area (Å²) < 4.78 is 5.21. The molecule has 2 N–H and O–H groups in total. The lowest BCUT2D eigenvalue weighted by molar-refractivity contribution is -0.385. The van der Waals surface area contributed by atoms with Gasteiger partial charge in [-0.25, -0.2) is 4.98 Å². The van der Waals surface area contributed by atoms with E-state index in [-0.39, 0.29) is 29.0 Å². The summed E-state index contributed by atoms with van der Waals surface area (Å²) in [6.07, 6.45) is 1.77. The van der Waals surface area contributed by atoms with E-state index in [9.17, 15) is 14.9 Å². The minimum Gasteiger partial charge on any atom is -0.383 e. The lowest BCUT2D eigenvalue weighted by Crippen LogP contribution is -2.37. The average Bonchev–Trinajstić information content (AvgIpc) is 2.91. The molecule has 1 aliphatic rings. The zero-order valence-corrected chi connectivity index (χ0v) is 10.4. The van der Waals surface area contributed by atoms with E-state index < -0.39 is 4.92 Å². The van der Waals surface area contributed by atoms with Crippen LogP contribution < -0.4 is 5.73 Å². The summed E-state index contributed by atoms with van der Waals surface area (Å²) in [6.45, 7) is 1.06. The number of rotatable bonds is 3. The van der Waals surface area contributed by atoms with E-state index in [1.165, 1.54) is 4.90 Å². The third-order valence-electron chi connectivity index (χ3n) is 3.12. The zero-order chi connectivity index (χ0) is 14.0. The van der Waals surface area contributed by atoms with E-state index in [2.05, 4.69) is 4.98 Å². The first-order chi connectivity index (χ1) is 9.00. The molecule has 8 nitrogen and oxygen atoms in total. The molecule has 0 aliphatic carbocycles. The Hall–Kier alpha value is -2.22. The Kier molecular flexibility index (Phi) is 3.61. The molecule has 2 heterocycles. The summed E-state index contributed by atoms with van der Waals surface area (Å²) in [4.78, 5) is 27.5. The number of nitrogen functional groups attached to an aromatic ring is 1. The Morgan fingerprint density at radius 3 is 3.00 bits per heavy atom. The van der Waals surface area contributed by atoms with E-state index in [0.717, 1.165) is 18.7 Å². The van der Waals surface area contributed by atoms with Gasteiger partial charge in [-0.3, -0.25) is 14.9 Å². The van der Waals surface area contributed by atoms with Crippen LogP contribution in [-0.2, 0) is 4.74 Å². The maximum absolute atomic E-state index is 12.3. The van der Waals surface area contributed by atoms with Crippen LogP contribution in [0.2, 0.25) is 0 Å². The molecule has 1 amide bonds. The van der Waals surface area contributed by atoms with Crippen molar-refractivity contribution < 1.29 is 14.5 Å². The molecule has 102 valence electrons. The third-order valence-corrected chi connectivity index (χ3v) is 3.12. The van der Waals surface area contributed by atoms with Crippen molar-refractivity contribution in [2.45, 2.75) is 12.5 Å². The second kappa shape index (κ2) is 5.19. The lowest BCUT2D eigenvalue weighted by atomic mass is 10.1. The molecule has 19 heavy (non-hydrogen) atoms. The fourth-order valence-electron chi connectivity index (χ4n) is 1.92. The number of anilines is 1. The summed E-state index contributed by atoms with van der Waals surface area (Å²) in [5.74, 6) is -0.398. The Labute approximate surface area is 109 Å². The highest BCUT2D eigenvalue weighted by Crippen LogP contribution is 2.20. The minimum absolute atomic E-state index is 0.0126. The molecular weight excluding hydrogens is 252 g/mol. The SMILES string of the molecule is CN(C(=O)c1cc([N+](=O)[O-])cnc1N)C1CCOC1. The molecule has 1 fully saturated rings. The van der Waals surface area contributed by atoms with Crippen LogP contribution in [-0.4, -0.2) is 47.0 Å². The maximum Gasteiger partial charge on any atom is 0.288 e. The van der Waals surface area contributed by atoms with Gasteiger partial charge in [0.2, 0.25) is 0 Å². The number of hydrogen-bond acceptors (Lipinski definition) is 6. The molecule has 1 aliphatic heterocycles. The van der Waals surface area contributed by atoms with Crippen molar-refractivity contribution in [3.05, 3.63) is 27.9 Å². The fraction of sp³-hybridized carbons (Fsp3) is 0.455. The van der Waals surface area contributed by atoms with E-state index in [0.29, 0.717) is 13.2 Å². The molecule has 0 saturated carbocycles. The van der Waals surface area contributed by atoms with E-state index in [1.54, 1.807) is 7.05 Å². The van der Waals surface area contributed by atoms with Gasteiger partial charge >= 0.3 is 0 Å². The second-order valence-electron chi connectivity index (χ2n) is 4.32. The van der Waals surface area contributed by atoms with Crippen LogP contribution in [0.3, 0.4) is 0 Å². The molecular formula is C11H14N4O4. The van der Waals surface area contributed by atoms with Crippen LogP contribution in [0.5, 0.6) is 0 Å². The first kappa shape index (κ1) is 13.2. The Balaban J connectivity index is 2.26. The maximum atomic E-state index is 12.3. The van der Waals surface area contributed by atoms with Gasteiger partial charge in [0, 0.05) is 19.7 Å². The van der Waals surface area contributed by atoms with Crippen molar-refractivity contribution in [2.75, 3.05) is 26.0 Å². The molecule has 1 atom stereocenters. The monoisotopic (exact) mass is 266 g/mol. The normalized spacial score (nSPS) is 18.3. The van der Waals surface area contributed by atoms with Gasteiger partial charge in [-0.15, -0.1) is 0 Å². The number of likely N-dealkylation sites (N-methyl/N-ethyl adjacent to an activating group) is 1. The molecule has 1 aromatic heterocycles. The van der Waals surface area contributed by atoms with Gasteiger partial charge in [0.25, 0.3) is 11.6 Å². The smallest absolute Gasteiger partial charge is 0.288 e. The van der Waals surface area contributed by atoms with Gasteiger partial charge in [0.15, 0.2) is 0 Å². The Morgan fingerprint density at radius 2 is 2.42 bits per heavy atom. The van der Waals surface area contributed by atoms with Crippen molar-refractivity contribution in [1.29, 1.82) is 0 Å². The van der Waals surface area contributed by atoms with Gasteiger partial charge in [0.05, 0.1) is 23.1 Å². The van der Waals surface area contributed by atoms with Gasteiger partial charge in [-0.05, 0) is 6.42 Å².